The number of anilines is 1. The van der Waals surface area contributed by atoms with Crippen molar-refractivity contribution < 1.29 is 9.47 Å². The molecule has 0 aliphatic rings. The van der Waals surface area contributed by atoms with Crippen LogP contribution in [0.1, 0.15) is 11.1 Å². The molecule has 0 unspecified atom stereocenters. The van der Waals surface area contributed by atoms with Crippen LogP contribution in [0.2, 0.25) is 0 Å². The standard InChI is InChI=1S/C14H17N3O2/c1-10-7-14(17-16-8-10)19-9-11-12(15-2)5-4-6-13(11)18-3/h4-8,15H,9H2,1-3H3. The molecule has 5 heteroatoms. The van der Waals surface area contributed by atoms with E-state index < -0.39 is 0 Å². The van der Waals surface area contributed by atoms with Crippen LogP contribution in [0.5, 0.6) is 11.6 Å². The lowest BCUT2D eigenvalue weighted by molar-refractivity contribution is 0.283. The Morgan fingerprint density at radius 2 is 2.16 bits per heavy atom. The minimum absolute atomic E-state index is 0.373. The SMILES string of the molecule is CNc1cccc(OC)c1COc1cc(C)cnn1. The molecule has 19 heavy (non-hydrogen) atoms. The molecule has 0 atom stereocenters. The van der Waals surface area contributed by atoms with Crippen molar-refractivity contribution in [1.29, 1.82) is 0 Å². The van der Waals surface area contributed by atoms with Crippen LogP contribution in [0.4, 0.5) is 5.69 Å². The summed E-state index contributed by atoms with van der Waals surface area (Å²) >= 11 is 0. The number of hydrogen-bond donors (Lipinski definition) is 1. The van der Waals surface area contributed by atoms with Gasteiger partial charge in [-0.1, -0.05) is 6.07 Å². The molecule has 5 nitrogen and oxygen atoms in total. The zero-order valence-electron chi connectivity index (χ0n) is 11.3. The van der Waals surface area contributed by atoms with Crippen molar-refractivity contribution in [3.63, 3.8) is 0 Å². The van der Waals surface area contributed by atoms with Crippen molar-refractivity contribution in [2.45, 2.75) is 13.5 Å². The van der Waals surface area contributed by atoms with Crippen LogP contribution >= 0.6 is 0 Å². The highest BCUT2D eigenvalue weighted by atomic mass is 16.5. The quantitative estimate of drug-likeness (QED) is 0.893. The van der Waals surface area contributed by atoms with Gasteiger partial charge in [-0.3, -0.25) is 0 Å². The number of methoxy groups -OCH3 is 1. The highest BCUT2D eigenvalue weighted by molar-refractivity contribution is 5.57. The number of benzene rings is 1. The number of nitrogens with zero attached hydrogens (tertiary/aromatic N) is 2. The van der Waals surface area contributed by atoms with Gasteiger partial charge in [-0.25, -0.2) is 0 Å². The second-order valence-corrected chi connectivity index (χ2v) is 4.10. The van der Waals surface area contributed by atoms with Gasteiger partial charge in [0.05, 0.1) is 18.9 Å². The van der Waals surface area contributed by atoms with Crippen LogP contribution in [-0.4, -0.2) is 24.4 Å². The van der Waals surface area contributed by atoms with Crippen LogP contribution < -0.4 is 14.8 Å². The Balaban J connectivity index is 2.19. The molecule has 2 rings (SSSR count). The molecule has 0 saturated carbocycles. The lowest BCUT2D eigenvalue weighted by atomic mass is 10.1. The Kier molecular flexibility index (Phi) is 4.18. The molecule has 0 spiro atoms. The van der Waals surface area contributed by atoms with Gasteiger partial charge in [-0.05, 0) is 24.6 Å². The van der Waals surface area contributed by atoms with Crippen molar-refractivity contribution in [3.05, 3.63) is 41.6 Å². The maximum atomic E-state index is 5.66. The predicted octanol–water partition coefficient (Wildman–Crippen LogP) is 2.41. The molecule has 0 aliphatic heterocycles. The van der Waals surface area contributed by atoms with Crippen molar-refractivity contribution in [2.24, 2.45) is 0 Å². The summed E-state index contributed by atoms with van der Waals surface area (Å²) in [6.45, 7) is 2.32. The minimum atomic E-state index is 0.373. The number of nitrogens with one attached hydrogen (secondary N) is 1. The molecule has 1 N–H and O–H groups in total. The second kappa shape index (κ2) is 6.04. The molecule has 0 amide bonds. The first-order valence-electron chi connectivity index (χ1n) is 6.00. The van der Waals surface area contributed by atoms with E-state index >= 15 is 0 Å². The molecule has 1 aromatic heterocycles. The third-order valence-electron chi connectivity index (χ3n) is 2.76. The van der Waals surface area contributed by atoms with Gasteiger partial charge in [0.25, 0.3) is 0 Å². The average Bonchev–Trinajstić information content (AvgIpc) is 2.44. The molecule has 1 heterocycles. The van der Waals surface area contributed by atoms with Gasteiger partial charge in [0.1, 0.15) is 12.4 Å². The lowest BCUT2D eigenvalue weighted by Gasteiger charge is -2.14. The molecule has 0 saturated heterocycles. The fraction of sp³-hybridized carbons (Fsp3) is 0.286. The van der Waals surface area contributed by atoms with Gasteiger partial charge >= 0.3 is 0 Å². The van der Waals surface area contributed by atoms with E-state index in [2.05, 4.69) is 15.5 Å². The van der Waals surface area contributed by atoms with E-state index in [1.165, 1.54) is 0 Å². The van der Waals surface area contributed by atoms with E-state index in [1.54, 1.807) is 13.3 Å². The summed E-state index contributed by atoms with van der Waals surface area (Å²) in [5.74, 6) is 1.29. The minimum Gasteiger partial charge on any atom is -0.496 e. The van der Waals surface area contributed by atoms with Crippen molar-refractivity contribution in [2.75, 3.05) is 19.5 Å². The number of ether oxygens (including phenoxy) is 2. The highest BCUT2D eigenvalue weighted by Crippen LogP contribution is 2.27. The van der Waals surface area contributed by atoms with Crippen LogP contribution in [0.25, 0.3) is 0 Å². The number of rotatable bonds is 5. The van der Waals surface area contributed by atoms with Gasteiger partial charge in [0.2, 0.25) is 5.88 Å². The van der Waals surface area contributed by atoms with Crippen LogP contribution in [0, 0.1) is 6.92 Å². The first kappa shape index (κ1) is 13.1. The maximum Gasteiger partial charge on any atom is 0.233 e. The summed E-state index contributed by atoms with van der Waals surface area (Å²) in [6.07, 6.45) is 1.69. The predicted molar refractivity (Wildman–Crippen MR) is 73.6 cm³/mol. The lowest BCUT2D eigenvalue weighted by Crippen LogP contribution is -2.04. The third-order valence-corrected chi connectivity index (χ3v) is 2.76. The van der Waals surface area contributed by atoms with Gasteiger partial charge in [-0.15, -0.1) is 5.10 Å². The smallest absolute Gasteiger partial charge is 0.233 e. The highest BCUT2D eigenvalue weighted by Gasteiger charge is 2.09. The Labute approximate surface area is 112 Å². The second-order valence-electron chi connectivity index (χ2n) is 4.10. The Bertz CT molecular complexity index is 536. The molecular formula is C14H17N3O2. The summed E-state index contributed by atoms with van der Waals surface area (Å²) in [4.78, 5) is 0. The van der Waals surface area contributed by atoms with Gasteiger partial charge in [0.15, 0.2) is 0 Å². The van der Waals surface area contributed by atoms with E-state index in [0.717, 1.165) is 22.6 Å². The van der Waals surface area contributed by atoms with Gasteiger partial charge in [0, 0.05) is 18.8 Å². The summed E-state index contributed by atoms with van der Waals surface area (Å²) in [7, 11) is 3.51. The molecule has 0 bridgehead atoms. The van der Waals surface area contributed by atoms with Crippen molar-refractivity contribution >= 4 is 5.69 Å². The van der Waals surface area contributed by atoms with Crippen LogP contribution in [-0.2, 0) is 6.61 Å². The van der Waals surface area contributed by atoms with Crippen molar-refractivity contribution in [1.82, 2.24) is 10.2 Å². The van der Waals surface area contributed by atoms with Crippen molar-refractivity contribution in [3.8, 4) is 11.6 Å². The van der Waals surface area contributed by atoms with Crippen LogP contribution in [0.15, 0.2) is 30.5 Å². The monoisotopic (exact) mass is 259 g/mol. The summed E-state index contributed by atoms with van der Waals surface area (Å²) in [6, 6.07) is 7.66. The maximum absolute atomic E-state index is 5.66. The van der Waals surface area contributed by atoms with E-state index in [4.69, 9.17) is 9.47 Å². The number of aromatic nitrogens is 2. The van der Waals surface area contributed by atoms with Gasteiger partial charge in [-0.2, -0.15) is 5.10 Å². The molecule has 0 radical (unpaired) electrons. The van der Waals surface area contributed by atoms with Gasteiger partial charge < -0.3 is 14.8 Å². The summed E-state index contributed by atoms with van der Waals surface area (Å²) in [5.41, 5.74) is 2.94. The third kappa shape index (κ3) is 3.13. The molecular weight excluding hydrogens is 242 g/mol. The van der Waals surface area contributed by atoms with E-state index in [0.29, 0.717) is 12.5 Å². The fourth-order valence-electron chi connectivity index (χ4n) is 1.79. The average molecular weight is 259 g/mol. The molecule has 0 fully saturated rings. The topological polar surface area (TPSA) is 56.3 Å². The normalized spacial score (nSPS) is 10.1. The molecule has 1 aromatic carbocycles. The zero-order chi connectivity index (χ0) is 13.7. The first-order valence-corrected chi connectivity index (χ1v) is 6.00. The zero-order valence-corrected chi connectivity index (χ0v) is 11.3. The Morgan fingerprint density at radius 3 is 2.84 bits per heavy atom. The summed E-state index contributed by atoms with van der Waals surface area (Å²) < 4.78 is 11.0. The molecule has 2 aromatic rings. The Hall–Kier alpha value is -2.30. The largest absolute Gasteiger partial charge is 0.496 e. The number of hydrogen-bond acceptors (Lipinski definition) is 5. The fourth-order valence-corrected chi connectivity index (χ4v) is 1.79. The van der Waals surface area contributed by atoms with E-state index in [-0.39, 0.29) is 0 Å². The molecule has 100 valence electrons. The summed E-state index contributed by atoms with van der Waals surface area (Å²) in [5, 5.41) is 10.9. The van der Waals surface area contributed by atoms with E-state index in [1.807, 2.05) is 38.2 Å². The molecule has 0 aliphatic carbocycles. The van der Waals surface area contributed by atoms with Crippen LogP contribution in [0.3, 0.4) is 0 Å². The Morgan fingerprint density at radius 1 is 1.32 bits per heavy atom. The number of aryl methyl sites for hydroxylation is 1. The first-order chi connectivity index (χ1) is 9.24. The van der Waals surface area contributed by atoms with E-state index in [9.17, 15) is 0 Å².